The van der Waals surface area contributed by atoms with Crippen molar-refractivity contribution in [2.45, 2.75) is 0 Å². The minimum Gasteiger partial charge on any atom is -0.398 e. The van der Waals surface area contributed by atoms with Crippen LogP contribution < -0.4 is 11.4 Å². The van der Waals surface area contributed by atoms with E-state index in [0.717, 1.165) is 21.8 Å². The highest BCUT2D eigenvalue weighted by Crippen LogP contribution is 2.26. The molecule has 4 nitrogen and oxygen atoms in total. The molecule has 0 spiro atoms. The lowest BCUT2D eigenvalue weighted by molar-refractivity contribution is 1.22. The molecular formula is C11H9N3O. The summed E-state index contributed by atoms with van der Waals surface area (Å²) < 4.78 is 0. The number of fused-ring (bicyclic) bond motifs is 3. The van der Waals surface area contributed by atoms with E-state index in [1.54, 1.807) is 6.07 Å². The van der Waals surface area contributed by atoms with Gasteiger partial charge in [-0.2, -0.15) is 0 Å². The van der Waals surface area contributed by atoms with Crippen molar-refractivity contribution in [3.05, 3.63) is 40.8 Å². The molecule has 1 heterocycles. The van der Waals surface area contributed by atoms with Gasteiger partial charge in [0.1, 0.15) is 0 Å². The summed E-state index contributed by atoms with van der Waals surface area (Å²) in [6, 6.07) is 9.50. The molecule has 0 atom stereocenters. The van der Waals surface area contributed by atoms with E-state index in [2.05, 4.69) is 9.97 Å². The minimum absolute atomic E-state index is 0.208. The number of H-pyrrole nitrogens is 2. The maximum absolute atomic E-state index is 11.2. The van der Waals surface area contributed by atoms with Crippen LogP contribution in [-0.4, -0.2) is 9.97 Å². The Morgan fingerprint density at radius 3 is 2.60 bits per heavy atom. The number of nitrogen functional groups attached to an aromatic ring is 1. The molecule has 0 bridgehead atoms. The van der Waals surface area contributed by atoms with Gasteiger partial charge in [0.25, 0.3) is 0 Å². The van der Waals surface area contributed by atoms with Crippen molar-refractivity contribution in [3.63, 3.8) is 0 Å². The van der Waals surface area contributed by atoms with E-state index in [0.29, 0.717) is 5.69 Å². The number of rotatable bonds is 0. The van der Waals surface area contributed by atoms with Gasteiger partial charge in [0.05, 0.1) is 11.0 Å². The van der Waals surface area contributed by atoms with Gasteiger partial charge in [0.15, 0.2) is 0 Å². The number of hydrogen-bond acceptors (Lipinski definition) is 2. The van der Waals surface area contributed by atoms with Crippen molar-refractivity contribution in [1.29, 1.82) is 0 Å². The van der Waals surface area contributed by atoms with E-state index in [4.69, 9.17) is 5.73 Å². The second-order valence-electron chi connectivity index (χ2n) is 3.51. The average Bonchev–Trinajstić information content (AvgIpc) is 2.59. The van der Waals surface area contributed by atoms with Crippen LogP contribution in [-0.2, 0) is 0 Å². The van der Waals surface area contributed by atoms with Gasteiger partial charge in [-0.3, -0.25) is 0 Å². The molecule has 0 aliphatic heterocycles. The molecule has 0 aliphatic rings. The summed E-state index contributed by atoms with van der Waals surface area (Å²) in [6.45, 7) is 0. The largest absolute Gasteiger partial charge is 0.398 e. The zero-order valence-electron chi connectivity index (χ0n) is 7.87. The number of benzene rings is 2. The smallest absolute Gasteiger partial charge is 0.323 e. The fourth-order valence-electron chi connectivity index (χ4n) is 1.90. The predicted octanol–water partition coefficient (Wildman–Crippen LogP) is 1.59. The van der Waals surface area contributed by atoms with Crippen molar-refractivity contribution in [1.82, 2.24) is 9.97 Å². The van der Waals surface area contributed by atoms with Gasteiger partial charge < -0.3 is 15.7 Å². The first kappa shape index (κ1) is 8.11. The molecule has 3 rings (SSSR count). The Bertz CT molecular complexity index is 708. The summed E-state index contributed by atoms with van der Waals surface area (Å²) in [7, 11) is 0. The second-order valence-corrected chi connectivity index (χ2v) is 3.51. The normalized spacial score (nSPS) is 11.2. The third-order valence-electron chi connectivity index (χ3n) is 2.56. The first-order chi connectivity index (χ1) is 7.25. The van der Waals surface area contributed by atoms with Crippen LogP contribution in [0.1, 0.15) is 0 Å². The Hall–Kier alpha value is -2.23. The van der Waals surface area contributed by atoms with E-state index >= 15 is 0 Å². The second kappa shape index (κ2) is 2.63. The Morgan fingerprint density at radius 2 is 1.80 bits per heavy atom. The molecular weight excluding hydrogens is 190 g/mol. The van der Waals surface area contributed by atoms with Gasteiger partial charge in [-0.25, -0.2) is 4.79 Å². The molecule has 0 saturated heterocycles. The SMILES string of the molecule is Nc1cc2[nH]c(=O)[nH]c2c2ccccc12. The molecule has 3 aromatic rings. The van der Waals surface area contributed by atoms with Crippen LogP contribution in [0.25, 0.3) is 21.8 Å². The summed E-state index contributed by atoms with van der Waals surface area (Å²) in [5.41, 5.74) is 7.92. The Kier molecular flexibility index (Phi) is 1.42. The zero-order valence-corrected chi connectivity index (χ0v) is 7.87. The standard InChI is InChI=1S/C11H9N3O/c12-8-5-9-10(14-11(15)13-9)7-4-2-1-3-6(7)8/h1-5H,12H2,(H2,13,14,15). The van der Waals surface area contributed by atoms with E-state index < -0.39 is 0 Å². The Morgan fingerprint density at radius 1 is 1.07 bits per heavy atom. The summed E-state index contributed by atoms with van der Waals surface area (Å²) in [5, 5.41) is 1.92. The molecule has 1 aromatic heterocycles. The molecule has 0 unspecified atom stereocenters. The summed E-state index contributed by atoms with van der Waals surface area (Å²) in [6.07, 6.45) is 0. The summed E-state index contributed by atoms with van der Waals surface area (Å²) in [5.74, 6) is 0. The van der Waals surface area contributed by atoms with E-state index in [-0.39, 0.29) is 5.69 Å². The van der Waals surface area contributed by atoms with Crippen LogP contribution in [0.3, 0.4) is 0 Å². The first-order valence-electron chi connectivity index (χ1n) is 4.65. The van der Waals surface area contributed by atoms with E-state index in [1.165, 1.54) is 0 Å². The lowest BCUT2D eigenvalue weighted by Gasteiger charge is -2.02. The zero-order chi connectivity index (χ0) is 10.4. The Labute approximate surface area is 84.7 Å². The molecule has 0 saturated carbocycles. The lowest BCUT2D eigenvalue weighted by atomic mass is 10.1. The van der Waals surface area contributed by atoms with Gasteiger partial charge in [0.2, 0.25) is 0 Å². The van der Waals surface area contributed by atoms with E-state index in [1.807, 2.05) is 24.3 Å². The number of aromatic nitrogens is 2. The third kappa shape index (κ3) is 1.05. The minimum atomic E-state index is -0.208. The van der Waals surface area contributed by atoms with Crippen molar-refractivity contribution < 1.29 is 0 Å². The first-order valence-corrected chi connectivity index (χ1v) is 4.65. The van der Waals surface area contributed by atoms with Crippen LogP contribution in [0.15, 0.2) is 35.1 Å². The summed E-state index contributed by atoms with van der Waals surface area (Å²) in [4.78, 5) is 16.7. The maximum Gasteiger partial charge on any atom is 0.323 e. The van der Waals surface area contributed by atoms with Crippen LogP contribution in [0.4, 0.5) is 5.69 Å². The number of imidazole rings is 1. The molecule has 2 aromatic carbocycles. The van der Waals surface area contributed by atoms with Gasteiger partial charge in [-0.1, -0.05) is 24.3 Å². The molecule has 15 heavy (non-hydrogen) atoms. The van der Waals surface area contributed by atoms with Gasteiger partial charge in [0, 0.05) is 16.5 Å². The monoisotopic (exact) mass is 199 g/mol. The highest BCUT2D eigenvalue weighted by molar-refractivity contribution is 6.09. The molecule has 0 fully saturated rings. The fourth-order valence-corrected chi connectivity index (χ4v) is 1.90. The molecule has 0 radical (unpaired) electrons. The van der Waals surface area contributed by atoms with Gasteiger partial charge in [-0.15, -0.1) is 0 Å². The number of hydrogen-bond donors (Lipinski definition) is 3. The number of nitrogens with two attached hydrogens (primary N) is 1. The van der Waals surface area contributed by atoms with Crippen molar-refractivity contribution in [2.24, 2.45) is 0 Å². The van der Waals surface area contributed by atoms with Crippen LogP contribution >= 0.6 is 0 Å². The molecule has 4 heteroatoms. The van der Waals surface area contributed by atoms with Gasteiger partial charge >= 0.3 is 5.69 Å². The predicted molar refractivity (Wildman–Crippen MR) is 60.8 cm³/mol. The quantitative estimate of drug-likeness (QED) is 0.481. The molecule has 4 N–H and O–H groups in total. The highest BCUT2D eigenvalue weighted by Gasteiger charge is 2.05. The topological polar surface area (TPSA) is 74.7 Å². The molecule has 0 amide bonds. The lowest BCUT2D eigenvalue weighted by Crippen LogP contribution is -1.99. The van der Waals surface area contributed by atoms with Crippen LogP contribution in [0, 0.1) is 0 Å². The number of aromatic amines is 2. The third-order valence-corrected chi connectivity index (χ3v) is 2.56. The fraction of sp³-hybridized carbons (Fsp3) is 0. The average molecular weight is 199 g/mol. The number of anilines is 1. The highest BCUT2D eigenvalue weighted by atomic mass is 16.1. The van der Waals surface area contributed by atoms with Crippen molar-refractivity contribution >= 4 is 27.5 Å². The van der Waals surface area contributed by atoms with Crippen molar-refractivity contribution in [2.75, 3.05) is 5.73 Å². The van der Waals surface area contributed by atoms with Crippen molar-refractivity contribution in [3.8, 4) is 0 Å². The Balaban J connectivity index is 2.68. The summed E-state index contributed by atoms with van der Waals surface area (Å²) >= 11 is 0. The van der Waals surface area contributed by atoms with Gasteiger partial charge in [-0.05, 0) is 6.07 Å². The van der Waals surface area contributed by atoms with E-state index in [9.17, 15) is 4.79 Å². The van der Waals surface area contributed by atoms with Crippen LogP contribution in [0.5, 0.6) is 0 Å². The number of nitrogens with one attached hydrogen (secondary N) is 2. The molecule has 74 valence electrons. The van der Waals surface area contributed by atoms with Crippen LogP contribution in [0.2, 0.25) is 0 Å². The maximum atomic E-state index is 11.2. The molecule has 0 aliphatic carbocycles.